The third-order valence-corrected chi connectivity index (χ3v) is 2.87. The molecular formula is C7H9NO4S. The first-order valence-electron chi connectivity index (χ1n) is 3.54. The molecule has 0 bridgehead atoms. The monoisotopic (exact) mass is 203 g/mol. The van der Waals surface area contributed by atoms with Crippen molar-refractivity contribution in [3.05, 3.63) is 23.8 Å². The van der Waals surface area contributed by atoms with Gasteiger partial charge in [-0.25, -0.2) is 18.4 Å². The van der Waals surface area contributed by atoms with Gasteiger partial charge in [0.15, 0.2) is 0 Å². The lowest BCUT2D eigenvalue weighted by molar-refractivity contribution is -0.132. The molecule has 0 saturated heterocycles. The van der Waals surface area contributed by atoms with Crippen LogP contribution in [0.5, 0.6) is 0 Å². The van der Waals surface area contributed by atoms with Crippen LogP contribution in [0.1, 0.15) is 6.42 Å². The van der Waals surface area contributed by atoms with Crippen LogP contribution < -0.4 is 5.14 Å². The Labute approximate surface area is 75.6 Å². The van der Waals surface area contributed by atoms with Crippen LogP contribution in [-0.2, 0) is 14.8 Å². The fourth-order valence-corrected chi connectivity index (χ4v) is 1.74. The molecule has 5 nitrogen and oxygen atoms in total. The van der Waals surface area contributed by atoms with Crippen molar-refractivity contribution < 1.29 is 18.3 Å². The van der Waals surface area contributed by atoms with E-state index in [4.69, 9.17) is 10.2 Å². The van der Waals surface area contributed by atoms with Crippen LogP contribution in [0.2, 0.25) is 0 Å². The van der Waals surface area contributed by atoms with Gasteiger partial charge in [-0.3, -0.25) is 0 Å². The van der Waals surface area contributed by atoms with Crippen LogP contribution in [0.4, 0.5) is 0 Å². The molecule has 0 saturated carbocycles. The first-order valence-corrected chi connectivity index (χ1v) is 5.15. The quantitative estimate of drug-likeness (QED) is 0.638. The van der Waals surface area contributed by atoms with E-state index in [0.29, 0.717) is 0 Å². The molecule has 1 aliphatic rings. The number of nitrogens with two attached hydrogens (primary N) is 1. The Hall–Kier alpha value is -1.14. The van der Waals surface area contributed by atoms with Crippen LogP contribution in [0, 0.1) is 0 Å². The molecule has 0 amide bonds. The molecule has 0 heterocycles. The van der Waals surface area contributed by atoms with Crippen LogP contribution in [0.15, 0.2) is 23.8 Å². The van der Waals surface area contributed by atoms with Crippen LogP contribution >= 0.6 is 0 Å². The largest absolute Gasteiger partial charge is 0.478 e. The lowest BCUT2D eigenvalue weighted by Gasteiger charge is -2.12. The normalized spacial score (nSPS) is 22.5. The Bertz CT molecular complexity index is 379. The van der Waals surface area contributed by atoms with Crippen molar-refractivity contribution in [2.75, 3.05) is 0 Å². The van der Waals surface area contributed by atoms with E-state index in [-0.39, 0.29) is 12.0 Å². The molecule has 13 heavy (non-hydrogen) atoms. The SMILES string of the molecule is NS(=O)(=O)C1C=C(C(=O)O)C=CC1. The molecule has 1 atom stereocenters. The number of hydrogen-bond acceptors (Lipinski definition) is 3. The maximum Gasteiger partial charge on any atom is 0.335 e. The first-order chi connectivity index (χ1) is 5.91. The van der Waals surface area contributed by atoms with Gasteiger partial charge >= 0.3 is 5.97 Å². The fraction of sp³-hybridized carbons (Fsp3) is 0.286. The summed E-state index contributed by atoms with van der Waals surface area (Å²) in [6.45, 7) is 0. The maximum absolute atomic E-state index is 10.9. The summed E-state index contributed by atoms with van der Waals surface area (Å²) in [5.74, 6) is -1.15. The lowest BCUT2D eigenvalue weighted by atomic mass is 10.1. The van der Waals surface area contributed by atoms with Crippen molar-refractivity contribution >= 4 is 16.0 Å². The molecule has 1 unspecified atom stereocenters. The topological polar surface area (TPSA) is 97.5 Å². The molecule has 0 aliphatic heterocycles. The smallest absolute Gasteiger partial charge is 0.335 e. The average Bonchev–Trinajstić information content (AvgIpc) is 2.03. The zero-order valence-electron chi connectivity index (χ0n) is 6.67. The van der Waals surface area contributed by atoms with E-state index in [2.05, 4.69) is 0 Å². The number of sulfonamides is 1. The standard InChI is InChI=1S/C7H9NO4S/c8-13(11,12)6-3-1-2-5(4-6)7(9)10/h1-2,4,6H,3H2,(H,9,10)(H2,8,11,12). The summed E-state index contributed by atoms with van der Waals surface area (Å²) in [6.07, 6.45) is 4.23. The molecule has 0 aromatic rings. The molecule has 1 aliphatic carbocycles. The number of rotatable bonds is 2. The first kappa shape index (κ1) is 9.94. The molecule has 3 N–H and O–H groups in total. The van der Waals surface area contributed by atoms with Crippen molar-refractivity contribution in [3.63, 3.8) is 0 Å². The summed E-state index contributed by atoms with van der Waals surface area (Å²) >= 11 is 0. The zero-order valence-corrected chi connectivity index (χ0v) is 7.49. The van der Waals surface area contributed by atoms with Gasteiger partial charge in [-0.15, -0.1) is 0 Å². The van der Waals surface area contributed by atoms with Crippen LogP contribution in [0.25, 0.3) is 0 Å². The molecule has 0 spiro atoms. The van der Waals surface area contributed by atoms with E-state index in [1.54, 1.807) is 0 Å². The van der Waals surface area contributed by atoms with Gasteiger partial charge in [-0.2, -0.15) is 0 Å². The second-order valence-electron chi connectivity index (χ2n) is 2.69. The fourth-order valence-electron chi connectivity index (χ4n) is 1.02. The molecule has 72 valence electrons. The van der Waals surface area contributed by atoms with Crippen molar-refractivity contribution in [3.8, 4) is 0 Å². The van der Waals surface area contributed by atoms with E-state index in [0.717, 1.165) is 6.08 Å². The van der Waals surface area contributed by atoms with E-state index < -0.39 is 21.2 Å². The number of carboxylic acid groups (broad SMARTS) is 1. The average molecular weight is 203 g/mol. The maximum atomic E-state index is 10.9. The van der Waals surface area contributed by atoms with E-state index in [1.807, 2.05) is 0 Å². The van der Waals surface area contributed by atoms with Gasteiger partial charge < -0.3 is 5.11 Å². The van der Waals surface area contributed by atoms with Crippen molar-refractivity contribution in [2.24, 2.45) is 5.14 Å². The van der Waals surface area contributed by atoms with E-state index in [9.17, 15) is 13.2 Å². The highest BCUT2D eigenvalue weighted by Crippen LogP contribution is 2.15. The minimum atomic E-state index is -3.68. The summed E-state index contributed by atoms with van der Waals surface area (Å²) in [5, 5.41) is 12.5. The van der Waals surface area contributed by atoms with E-state index >= 15 is 0 Å². The molecule has 0 radical (unpaired) electrons. The number of carbonyl (C=O) groups is 1. The van der Waals surface area contributed by atoms with Crippen molar-refractivity contribution in [2.45, 2.75) is 11.7 Å². The molecule has 0 fully saturated rings. The molecule has 1 rings (SSSR count). The lowest BCUT2D eigenvalue weighted by Crippen LogP contribution is -2.28. The highest BCUT2D eigenvalue weighted by atomic mass is 32.2. The molecule has 0 aromatic carbocycles. The predicted molar refractivity (Wildman–Crippen MR) is 46.4 cm³/mol. The summed E-state index contributed by atoms with van der Waals surface area (Å²) in [7, 11) is -3.68. The van der Waals surface area contributed by atoms with Gasteiger partial charge in [-0.05, 0) is 6.42 Å². The van der Waals surface area contributed by atoms with Gasteiger partial charge in [0.1, 0.15) is 0 Å². The summed E-state index contributed by atoms with van der Waals surface area (Å²) in [5.41, 5.74) is -0.0368. The van der Waals surface area contributed by atoms with Gasteiger partial charge in [0.25, 0.3) is 0 Å². The molecule has 6 heteroatoms. The Balaban J connectivity index is 2.98. The van der Waals surface area contributed by atoms with Crippen molar-refractivity contribution in [1.29, 1.82) is 0 Å². The minimum Gasteiger partial charge on any atom is -0.478 e. The second kappa shape index (κ2) is 3.31. The zero-order chi connectivity index (χ0) is 10.1. The predicted octanol–water partition coefficient (Wildman–Crippen LogP) is -0.386. The molecular weight excluding hydrogens is 194 g/mol. The summed E-state index contributed by atoms with van der Waals surface area (Å²) < 4.78 is 21.7. The number of carboxylic acids is 1. The second-order valence-corrected chi connectivity index (χ2v) is 4.48. The highest BCUT2D eigenvalue weighted by Gasteiger charge is 2.22. The van der Waals surface area contributed by atoms with Crippen LogP contribution in [-0.4, -0.2) is 24.7 Å². The van der Waals surface area contributed by atoms with Gasteiger partial charge in [-0.1, -0.05) is 18.2 Å². The van der Waals surface area contributed by atoms with Gasteiger partial charge in [0.2, 0.25) is 10.0 Å². The molecule has 0 aromatic heterocycles. The Morgan fingerprint density at radius 2 is 2.23 bits per heavy atom. The number of hydrogen-bond donors (Lipinski definition) is 2. The minimum absolute atomic E-state index is 0.0368. The number of aliphatic carboxylic acids is 1. The number of primary sulfonamides is 1. The Kier molecular flexibility index (Phi) is 2.53. The number of allylic oxidation sites excluding steroid dienone is 1. The highest BCUT2D eigenvalue weighted by molar-refractivity contribution is 7.89. The Morgan fingerprint density at radius 1 is 1.62 bits per heavy atom. The summed E-state index contributed by atoms with van der Waals surface area (Å²) in [4.78, 5) is 10.5. The third kappa shape index (κ3) is 2.40. The van der Waals surface area contributed by atoms with Gasteiger partial charge in [0.05, 0.1) is 10.8 Å². The van der Waals surface area contributed by atoms with Gasteiger partial charge in [0, 0.05) is 0 Å². The van der Waals surface area contributed by atoms with E-state index in [1.165, 1.54) is 12.2 Å². The Morgan fingerprint density at radius 3 is 2.69 bits per heavy atom. The van der Waals surface area contributed by atoms with Crippen LogP contribution in [0.3, 0.4) is 0 Å². The third-order valence-electron chi connectivity index (χ3n) is 1.70. The van der Waals surface area contributed by atoms with Crippen molar-refractivity contribution in [1.82, 2.24) is 0 Å². The summed E-state index contributed by atoms with van der Waals surface area (Å²) in [6, 6.07) is 0.